The third kappa shape index (κ3) is 7.74. The van der Waals surface area contributed by atoms with Gasteiger partial charge in [-0.1, -0.05) is 67.4 Å². The minimum absolute atomic E-state index is 0.0106. The molecule has 210 valence electrons. The summed E-state index contributed by atoms with van der Waals surface area (Å²) < 4.78 is 12.2. The lowest BCUT2D eigenvalue weighted by atomic mass is 9.98. The fourth-order valence-electron chi connectivity index (χ4n) is 5.10. The lowest BCUT2D eigenvalue weighted by molar-refractivity contribution is -0.115. The number of benzene rings is 4. The number of aromatic carboxylic acids is 1. The molecule has 0 spiro atoms. The first-order valence-electron chi connectivity index (χ1n) is 13.9. The van der Waals surface area contributed by atoms with Gasteiger partial charge < -0.3 is 25.2 Å². The summed E-state index contributed by atoms with van der Waals surface area (Å²) in [4.78, 5) is 23.8. The monoisotopic (exact) mass is 550 g/mol. The van der Waals surface area contributed by atoms with Crippen LogP contribution in [0.15, 0.2) is 103 Å². The average molecular weight is 551 g/mol. The second-order valence-electron chi connectivity index (χ2n) is 10.4. The number of carboxylic acid groups (broad SMARTS) is 1. The standard InChI is InChI=1S/C34H34N2O5/c37-32(36-31-11-5-4-10-30(31)33(38)39)22-25-12-14-28(15-13-25)41-29-18-16-27(17-19-29)40-24-34(20-6-7-21-34)35-23-26-8-2-1-3-9-26/h1-5,8-19,35H,6-7,20-24H2,(H,36,37)(H,38,39). The SMILES string of the molecule is O=C(Cc1ccc(Oc2ccc(OCC3(NCc4ccccc4)CCCC3)cc2)cc1)Nc1ccccc1C(=O)O. The smallest absolute Gasteiger partial charge is 0.337 e. The van der Waals surface area contributed by atoms with Gasteiger partial charge in [0.1, 0.15) is 23.9 Å². The highest BCUT2D eigenvalue weighted by molar-refractivity contribution is 6.01. The van der Waals surface area contributed by atoms with Crippen molar-refractivity contribution in [3.63, 3.8) is 0 Å². The van der Waals surface area contributed by atoms with Crippen LogP contribution >= 0.6 is 0 Å². The Morgan fingerprint density at radius 3 is 2.02 bits per heavy atom. The summed E-state index contributed by atoms with van der Waals surface area (Å²) in [6.07, 6.45) is 4.74. The molecule has 4 aromatic carbocycles. The molecule has 3 N–H and O–H groups in total. The lowest BCUT2D eigenvalue weighted by Crippen LogP contribution is -2.47. The number of carbonyl (C=O) groups is 2. The highest BCUT2D eigenvalue weighted by atomic mass is 16.5. The minimum Gasteiger partial charge on any atom is -0.492 e. The van der Waals surface area contributed by atoms with Gasteiger partial charge in [-0.3, -0.25) is 4.79 Å². The number of nitrogens with one attached hydrogen (secondary N) is 2. The lowest BCUT2D eigenvalue weighted by Gasteiger charge is -2.30. The van der Waals surface area contributed by atoms with Crippen LogP contribution in [0.2, 0.25) is 0 Å². The Morgan fingerprint density at radius 1 is 0.732 bits per heavy atom. The molecule has 0 saturated heterocycles. The molecule has 7 heteroatoms. The van der Waals surface area contributed by atoms with Crippen molar-refractivity contribution >= 4 is 17.6 Å². The maximum Gasteiger partial charge on any atom is 0.337 e. The van der Waals surface area contributed by atoms with Gasteiger partial charge in [0.05, 0.1) is 23.2 Å². The molecule has 0 aromatic heterocycles. The van der Waals surface area contributed by atoms with Gasteiger partial charge in [0.25, 0.3) is 0 Å². The minimum atomic E-state index is -1.09. The molecule has 0 radical (unpaired) electrons. The molecule has 1 fully saturated rings. The number of anilines is 1. The Labute approximate surface area is 240 Å². The number of para-hydroxylation sites is 1. The largest absolute Gasteiger partial charge is 0.492 e. The van der Waals surface area contributed by atoms with Gasteiger partial charge in [0.2, 0.25) is 5.91 Å². The van der Waals surface area contributed by atoms with E-state index in [4.69, 9.17) is 9.47 Å². The average Bonchev–Trinajstić information content (AvgIpc) is 3.47. The zero-order chi connectivity index (χ0) is 28.5. The molecular weight excluding hydrogens is 516 g/mol. The highest BCUT2D eigenvalue weighted by Gasteiger charge is 2.34. The van der Waals surface area contributed by atoms with Crippen molar-refractivity contribution < 1.29 is 24.2 Å². The summed E-state index contributed by atoms with van der Waals surface area (Å²) in [6.45, 7) is 1.45. The Morgan fingerprint density at radius 2 is 1.34 bits per heavy atom. The van der Waals surface area contributed by atoms with E-state index in [0.29, 0.717) is 18.1 Å². The first-order chi connectivity index (χ1) is 20.0. The van der Waals surface area contributed by atoms with E-state index in [0.717, 1.165) is 30.7 Å². The van der Waals surface area contributed by atoms with Gasteiger partial charge in [-0.05, 0) is 72.5 Å². The number of carbonyl (C=O) groups excluding carboxylic acids is 1. The molecular formula is C34H34N2O5. The van der Waals surface area contributed by atoms with Gasteiger partial charge in [0, 0.05) is 6.54 Å². The molecule has 1 aliphatic carbocycles. The molecule has 4 aromatic rings. The van der Waals surface area contributed by atoms with Crippen molar-refractivity contribution in [3.05, 3.63) is 120 Å². The molecule has 0 bridgehead atoms. The Balaban J connectivity index is 1.11. The topological polar surface area (TPSA) is 96.9 Å². The van der Waals surface area contributed by atoms with Crippen LogP contribution in [0.3, 0.4) is 0 Å². The summed E-state index contributed by atoms with van der Waals surface area (Å²) in [5, 5.41) is 15.7. The number of hydrogen-bond donors (Lipinski definition) is 3. The van der Waals surface area contributed by atoms with E-state index in [2.05, 4.69) is 34.9 Å². The number of rotatable bonds is 12. The predicted molar refractivity (Wildman–Crippen MR) is 159 cm³/mol. The van der Waals surface area contributed by atoms with Crippen molar-refractivity contribution in [2.24, 2.45) is 0 Å². The molecule has 41 heavy (non-hydrogen) atoms. The zero-order valence-corrected chi connectivity index (χ0v) is 22.8. The molecule has 0 unspecified atom stereocenters. The molecule has 0 aliphatic heterocycles. The Hall–Kier alpha value is -4.62. The maximum atomic E-state index is 12.5. The fourth-order valence-corrected chi connectivity index (χ4v) is 5.10. The number of carboxylic acids is 1. The van der Waals surface area contributed by atoms with Crippen molar-refractivity contribution in [2.45, 2.75) is 44.2 Å². The first kappa shape index (κ1) is 27.9. The molecule has 1 aliphatic rings. The highest BCUT2D eigenvalue weighted by Crippen LogP contribution is 2.32. The predicted octanol–water partition coefficient (Wildman–Crippen LogP) is 6.84. The Bertz CT molecular complexity index is 1450. The van der Waals surface area contributed by atoms with Crippen LogP contribution in [-0.2, 0) is 17.8 Å². The molecule has 0 heterocycles. The van der Waals surface area contributed by atoms with Crippen LogP contribution in [-0.4, -0.2) is 29.1 Å². The normalized spacial score (nSPS) is 13.9. The van der Waals surface area contributed by atoms with Gasteiger partial charge in [0.15, 0.2) is 0 Å². The number of ether oxygens (including phenoxy) is 2. The Kier molecular flexibility index (Phi) is 8.96. The van der Waals surface area contributed by atoms with E-state index in [1.54, 1.807) is 30.3 Å². The number of hydrogen-bond acceptors (Lipinski definition) is 5. The van der Waals surface area contributed by atoms with Crippen LogP contribution in [0.4, 0.5) is 5.69 Å². The van der Waals surface area contributed by atoms with Crippen molar-refractivity contribution in [2.75, 3.05) is 11.9 Å². The van der Waals surface area contributed by atoms with E-state index in [9.17, 15) is 14.7 Å². The summed E-state index contributed by atoms with van der Waals surface area (Å²) in [6, 6.07) is 31.6. The zero-order valence-electron chi connectivity index (χ0n) is 22.8. The van der Waals surface area contributed by atoms with Gasteiger partial charge in [-0.15, -0.1) is 0 Å². The fraction of sp³-hybridized carbons (Fsp3) is 0.235. The maximum absolute atomic E-state index is 12.5. The molecule has 5 rings (SSSR count). The first-order valence-corrected chi connectivity index (χ1v) is 13.9. The quantitative estimate of drug-likeness (QED) is 0.179. The van der Waals surface area contributed by atoms with E-state index in [1.807, 2.05) is 42.5 Å². The van der Waals surface area contributed by atoms with Crippen LogP contribution in [0.25, 0.3) is 0 Å². The van der Waals surface area contributed by atoms with E-state index >= 15 is 0 Å². The van der Waals surface area contributed by atoms with Crippen LogP contribution in [0, 0.1) is 0 Å². The summed E-state index contributed by atoms with van der Waals surface area (Å²) >= 11 is 0. The van der Waals surface area contributed by atoms with Crippen molar-refractivity contribution in [1.82, 2.24) is 5.32 Å². The summed E-state index contributed by atoms with van der Waals surface area (Å²) in [5.41, 5.74) is 2.38. The van der Waals surface area contributed by atoms with E-state index in [-0.39, 0.29) is 29.1 Å². The van der Waals surface area contributed by atoms with Gasteiger partial charge in [-0.2, -0.15) is 0 Å². The summed E-state index contributed by atoms with van der Waals surface area (Å²) in [7, 11) is 0. The van der Waals surface area contributed by atoms with E-state index < -0.39 is 5.97 Å². The molecule has 1 saturated carbocycles. The molecule has 0 atom stereocenters. The third-order valence-electron chi connectivity index (χ3n) is 7.37. The van der Waals surface area contributed by atoms with E-state index in [1.165, 1.54) is 24.5 Å². The third-order valence-corrected chi connectivity index (χ3v) is 7.37. The molecule has 1 amide bonds. The molecule has 7 nitrogen and oxygen atoms in total. The van der Waals surface area contributed by atoms with Gasteiger partial charge in [-0.25, -0.2) is 4.79 Å². The van der Waals surface area contributed by atoms with Crippen LogP contribution < -0.4 is 20.1 Å². The second kappa shape index (κ2) is 13.2. The van der Waals surface area contributed by atoms with Crippen LogP contribution in [0.1, 0.15) is 47.2 Å². The van der Waals surface area contributed by atoms with Crippen molar-refractivity contribution in [3.8, 4) is 17.2 Å². The van der Waals surface area contributed by atoms with Crippen LogP contribution in [0.5, 0.6) is 17.2 Å². The van der Waals surface area contributed by atoms with Gasteiger partial charge >= 0.3 is 5.97 Å². The number of amides is 1. The second-order valence-corrected chi connectivity index (χ2v) is 10.4. The summed E-state index contributed by atoms with van der Waals surface area (Å²) in [5.74, 6) is 0.754. The van der Waals surface area contributed by atoms with Crippen molar-refractivity contribution in [1.29, 1.82) is 0 Å².